The number of fused-ring (bicyclic) bond motifs is 1. The molecule has 0 saturated carbocycles. The molecule has 1 aliphatic rings. The van der Waals surface area contributed by atoms with Gasteiger partial charge >= 0.3 is 5.69 Å². The standard InChI is InChI=1S/C15H20N6O3/c1-8-5-10(18-12-11(8)14(23)20-15(24)19-12)13(22)17-7-9-6-16-3-4-21(9)2/h5,9,16H,3-4,6-7H2,1-2H3,(H,17,22)(H2,18,19,20,23,24). The number of rotatable bonds is 3. The summed E-state index contributed by atoms with van der Waals surface area (Å²) in [6.45, 7) is 4.87. The van der Waals surface area contributed by atoms with E-state index >= 15 is 0 Å². The van der Waals surface area contributed by atoms with E-state index in [2.05, 4.69) is 30.5 Å². The van der Waals surface area contributed by atoms with Crippen LogP contribution in [-0.2, 0) is 0 Å². The lowest BCUT2D eigenvalue weighted by atomic mass is 10.1. The Hall–Kier alpha value is -2.52. The Kier molecular flexibility index (Phi) is 4.45. The largest absolute Gasteiger partial charge is 0.349 e. The quantitative estimate of drug-likeness (QED) is 0.545. The number of piperazine rings is 1. The van der Waals surface area contributed by atoms with E-state index in [1.54, 1.807) is 13.0 Å². The fourth-order valence-corrected chi connectivity index (χ4v) is 2.86. The molecule has 3 heterocycles. The average molecular weight is 332 g/mol. The fourth-order valence-electron chi connectivity index (χ4n) is 2.86. The van der Waals surface area contributed by atoms with Gasteiger partial charge in [0.25, 0.3) is 11.5 Å². The van der Waals surface area contributed by atoms with Gasteiger partial charge < -0.3 is 10.6 Å². The number of hydrogen-bond acceptors (Lipinski definition) is 6. The van der Waals surface area contributed by atoms with E-state index in [0.717, 1.165) is 19.6 Å². The predicted octanol–water partition coefficient (Wildman–Crippen LogP) is -1.45. The maximum absolute atomic E-state index is 12.4. The van der Waals surface area contributed by atoms with E-state index in [0.29, 0.717) is 12.1 Å². The van der Waals surface area contributed by atoms with Gasteiger partial charge in [-0.05, 0) is 25.6 Å². The molecule has 0 bridgehead atoms. The van der Waals surface area contributed by atoms with E-state index in [-0.39, 0.29) is 28.7 Å². The normalized spacial score (nSPS) is 18.7. The van der Waals surface area contributed by atoms with Gasteiger partial charge in [-0.1, -0.05) is 0 Å². The molecule has 1 atom stereocenters. The number of nitrogens with one attached hydrogen (secondary N) is 4. The molecule has 4 N–H and O–H groups in total. The zero-order valence-corrected chi connectivity index (χ0v) is 13.6. The summed E-state index contributed by atoms with van der Waals surface area (Å²) >= 11 is 0. The smallest absolute Gasteiger partial charge is 0.327 e. The third-order valence-electron chi connectivity index (χ3n) is 4.28. The monoisotopic (exact) mass is 332 g/mol. The highest BCUT2D eigenvalue weighted by Gasteiger charge is 2.20. The predicted molar refractivity (Wildman–Crippen MR) is 89.3 cm³/mol. The van der Waals surface area contributed by atoms with Gasteiger partial charge in [-0.3, -0.25) is 24.5 Å². The Labute approximate surface area is 137 Å². The first-order chi connectivity index (χ1) is 11.5. The summed E-state index contributed by atoms with van der Waals surface area (Å²) < 4.78 is 0. The number of pyridine rings is 1. The Morgan fingerprint density at radius 1 is 1.42 bits per heavy atom. The van der Waals surface area contributed by atoms with Crippen molar-refractivity contribution in [2.24, 2.45) is 0 Å². The zero-order valence-electron chi connectivity index (χ0n) is 13.6. The topological polar surface area (TPSA) is 123 Å². The van der Waals surface area contributed by atoms with Crippen molar-refractivity contribution in [2.75, 3.05) is 33.2 Å². The van der Waals surface area contributed by atoms with Crippen LogP contribution in [0.25, 0.3) is 11.0 Å². The Morgan fingerprint density at radius 3 is 2.96 bits per heavy atom. The number of H-pyrrole nitrogens is 2. The Bertz CT molecular complexity index is 887. The summed E-state index contributed by atoms with van der Waals surface area (Å²) in [6, 6.07) is 1.76. The van der Waals surface area contributed by atoms with Gasteiger partial charge in [0.2, 0.25) is 0 Å². The van der Waals surface area contributed by atoms with Crippen LogP contribution in [0.15, 0.2) is 15.7 Å². The summed E-state index contributed by atoms with van der Waals surface area (Å²) in [4.78, 5) is 46.5. The van der Waals surface area contributed by atoms with E-state index in [4.69, 9.17) is 0 Å². The molecule has 128 valence electrons. The van der Waals surface area contributed by atoms with Gasteiger partial charge in [-0.25, -0.2) is 9.78 Å². The lowest BCUT2D eigenvalue weighted by Gasteiger charge is -2.33. The van der Waals surface area contributed by atoms with Crippen molar-refractivity contribution in [3.63, 3.8) is 0 Å². The second-order valence-electron chi connectivity index (χ2n) is 6.00. The first-order valence-corrected chi connectivity index (χ1v) is 7.79. The van der Waals surface area contributed by atoms with E-state index in [1.165, 1.54) is 0 Å². The van der Waals surface area contributed by atoms with Gasteiger partial charge in [0.15, 0.2) is 0 Å². The molecule has 2 aromatic heterocycles. The summed E-state index contributed by atoms with van der Waals surface area (Å²) in [5.74, 6) is -0.333. The number of aromatic nitrogens is 3. The molecule has 2 aromatic rings. The Balaban J connectivity index is 1.82. The minimum Gasteiger partial charge on any atom is -0.349 e. The van der Waals surface area contributed by atoms with Gasteiger partial charge in [0.05, 0.1) is 5.39 Å². The van der Waals surface area contributed by atoms with Crippen LogP contribution in [0.4, 0.5) is 0 Å². The van der Waals surface area contributed by atoms with E-state index < -0.39 is 11.2 Å². The van der Waals surface area contributed by atoms with Crippen molar-refractivity contribution in [3.05, 3.63) is 38.2 Å². The summed E-state index contributed by atoms with van der Waals surface area (Å²) in [7, 11) is 2.02. The van der Waals surface area contributed by atoms with Gasteiger partial charge in [-0.15, -0.1) is 0 Å². The number of aromatic amines is 2. The number of carbonyl (C=O) groups excluding carboxylic acids is 1. The minimum atomic E-state index is -0.646. The lowest BCUT2D eigenvalue weighted by Crippen LogP contribution is -2.54. The SMILES string of the molecule is Cc1cc(C(=O)NCC2CNCCN2C)nc2[nH]c(=O)[nH]c(=O)c12. The van der Waals surface area contributed by atoms with Gasteiger partial charge in [0.1, 0.15) is 11.3 Å². The van der Waals surface area contributed by atoms with Crippen molar-refractivity contribution in [2.45, 2.75) is 13.0 Å². The highest BCUT2D eigenvalue weighted by molar-refractivity contribution is 5.95. The molecule has 9 heteroatoms. The second-order valence-corrected chi connectivity index (χ2v) is 6.00. The number of nitrogens with zero attached hydrogens (tertiary/aromatic N) is 2. The van der Waals surface area contributed by atoms with Crippen molar-refractivity contribution in [1.29, 1.82) is 0 Å². The number of likely N-dealkylation sites (N-methyl/N-ethyl adjacent to an activating group) is 1. The van der Waals surface area contributed by atoms with E-state index in [9.17, 15) is 14.4 Å². The molecule has 1 amide bonds. The van der Waals surface area contributed by atoms with Crippen LogP contribution < -0.4 is 21.9 Å². The van der Waals surface area contributed by atoms with Crippen LogP contribution in [0.2, 0.25) is 0 Å². The molecule has 1 unspecified atom stereocenters. The molecule has 9 nitrogen and oxygen atoms in total. The maximum atomic E-state index is 12.4. The maximum Gasteiger partial charge on any atom is 0.327 e. The molecular weight excluding hydrogens is 312 g/mol. The molecule has 1 fully saturated rings. The second kappa shape index (κ2) is 6.54. The molecule has 0 radical (unpaired) electrons. The van der Waals surface area contributed by atoms with Crippen LogP contribution in [0.5, 0.6) is 0 Å². The number of aryl methyl sites for hydroxylation is 1. The highest BCUT2D eigenvalue weighted by Crippen LogP contribution is 2.11. The molecular formula is C15H20N6O3. The van der Waals surface area contributed by atoms with Crippen LogP contribution in [0.1, 0.15) is 16.1 Å². The Morgan fingerprint density at radius 2 is 2.21 bits per heavy atom. The fraction of sp³-hybridized carbons (Fsp3) is 0.467. The van der Waals surface area contributed by atoms with Crippen molar-refractivity contribution < 1.29 is 4.79 Å². The van der Waals surface area contributed by atoms with Crippen LogP contribution in [-0.4, -0.2) is 65.0 Å². The summed E-state index contributed by atoms with van der Waals surface area (Å²) in [5.41, 5.74) is -0.287. The zero-order chi connectivity index (χ0) is 17.3. The first kappa shape index (κ1) is 16.3. The lowest BCUT2D eigenvalue weighted by molar-refractivity contribution is 0.0928. The van der Waals surface area contributed by atoms with Crippen molar-refractivity contribution >= 4 is 16.9 Å². The van der Waals surface area contributed by atoms with Crippen LogP contribution >= 0.6 is 0 Å². The summed E-state index contributed by atoms with van der Waals surface area (Å²) in [6.07, 6.45) is 0. The number of hydrogen-bond donors (Lipinski definition) is 4. The van der Waals surface area contributed by atoms with Crippen molar-refractivity contribution in [3.8, 4) is 0 Å². The molecule has 24 heavy (non-hydrogen) atoms. The first-order valence-electron chi connectivity index (χ1n) is 7.79. The third-order valence-corrected chi connectivity index (χ3v) is 4.28. The molecule has 0 aliphatic carbocycles. The average Bonchev–Trinajstić information content (AvgIpc) is 2.52. The summed E-state index contributed by atoms with van der Waals surface area (Å²) in [5, 5.41) is 6.43. The van der Waals surface area contributed by atoms with Crippen LogP contribution in [0, 0.1) is 6.92 Å². The number of carbonyl (C=O) groups is 1. The number of amides is 1. The third kappa shape index (κ3) is 3.22. The van der Waals surface area contributed by atoms with Gasteiger partial charge in [0, 0.05) is 32.2 Å². The highest BCUT2D eigenvalue weighted by atomic mass is 16.2. The molecule has 0 spiro atoms. The van der Waals surface area contributed by atoms with Crippen molar-refractivity contribution in [1.82, 2.24) is 30.5 Å². The van der Waals surface area contributed by atoms with E-state index in [1.807, 2.05) is 7.05 Å². The minimum absolute atomic E-state index is 0.116. The molecule has 1 aliphatic heterocycles. The molecule has 0 aromatic carbocycles. The van der Waals surface area contributed by atoms with Crippen LogP contribution in [0.3, 0.4) is 0 Å². The molecule has 1 saturated heterocycles. The molecule has 3 rings (SSSR count). The van der Waals surface area contributed by atoms with Gasteiger partial charge in [-0.2, -0.15) is 0 Å².